The first-order chi connectivity index (χ1) is 11.9. The molecule has 2 heterocycles. The number of allylic oxidation sites excluding steroid dienone is 1. The summed E-state index contributed by atoms with van der Waals surface area (Å²) in [6, 6.07) is 7.14. The van der Waals surface area contributed by atoms with Crippen LogP contribution in [0.4, 0.5) is 0 Å². The summed E-state index contributed by atoms with van der Waals surface area (Å²) in [5.41, 5.74) is 1.81. The highest BCUT2D eigenvalue weighted by molar-refractivity contribution is 9.11. The second-order valence-corrected chi connectivity index (χ2v) is 11.7. The number of carbonyl (C=O) groups is 2. The van der Waals surface area contributed by atoms with E-state index in [1.807, 2.05) is 12.1 Å². The molecule has 26 heavy (non-hydrogen) atoms. The normalized spacial score (nSPS) is 27.8. The van der Waals surface area contributed by atoms with Gasteiger partial charge in [0.25, 0.3) is 0 Å². The molecule has 3 atom stereocenters. The van der Waals surface area contributed by atoms with Crippen LogP contribution in [0.2, 0.25) is 0 Å². The third-order valence-corrected chi connectivity index (χ3v) is 9.70. The number of carbonyl (C=O) groups excluding carboxylic acids is 2. The molecule has 0 aliphatic carbocycles. The molecule has 3 rings (SSSR count). The summed E-state index contributed by atoms with van der Waals surface area (Å²) in [5, 5.41) is -2.38. The minimum atomic E-state index is -3.73. The molecule has 1 fully saturated rings. The Bertz CT molecular complexity index is 931. The lowest BCUT2D eigenvalue weighted by molar-refractivity contribution is -0.138. The van der Waals surface area contributed by atoms with Gasteiger partial charge in [-0.1, -0.05) is 61.0 Å². The van der Waals surface area contributed by atoms with Gasteiger partial charge in [0.2, 0.25) is 11.7 Å². The van der Waals surface area contributed by atoms with Crippen LogP contribution in [-0.2, 0) is 20.0 Å². The molecule has 1 aromatic carbocycles. The number of ketones is 1. The Morgan fingerprint density at radius 1 is 1.19 bits per heavy atom. The zero-order valence-corrected chi connectivity index (χ0v) is 17.9. The Morgan fingerprint density at radius 3 is 2.23 bits per heavy atom. The summed E-state index contributed by atoms with van der Waals surface area (Å²) in [4.78, 5) is 26.3. The highest BCUT2D eigenvalue weighted by atomic mass is 79.9. The van der Waals surface area contributed by atoms with Crippen LogP contribution in [0.3, 0.4) is 0 Å². The van der Waals surface area contributed by atoms with Crippen LogP contribution in [0.15, 0.2) is 35.5 Å². The van der Waals surface area contributed by atoms with Crippen LogP contribution >= 0.6 is 27.5 Å². The number of hydrogen-bond donors (Lipinski definition) is 0. The number of Topliss-reactive ketones (excluding diaryl/α,β-unsaturated/α-hetero) is 1. The molecule has 8 heteroatoms. The van der Waals surface area contributed by atoms with Crippen molar-refractivity contribution >= 4 is 49.1 Å². The van der Waals surface area contributed by atoms with Crippen molar-refractivity contribution in [2.24, 2.45) is 0 Å². The van der Waals surface area contributed by atoms with E-state index in [9.17, 15) is 18.0 Å². The predicted molar refractivity (Wildman–Crippen MR) is 104 cm³/mol. The lowest BCUT2D eigenvalue weighted by Gasteiger charge is -2.48. The number of halogens is 2. The van der Waals surface area contributed by atoms with E-state index in [0.29, 0.717) is 11.1 Å². The number of hydrogen-bond acceptors (Lipinski definition) is 4. The molecule has 1 unspecified atom stereocenters. The van der Waals surface area contributed by atoms with Gasteiger partial charge in [0.15, 0.2) is 15.2 Å². The summed E-state index contributed by atoms with van der Waals surface area (Å²) in [6.07, 6.45) is 0. The number of fused-ring (bicyclic) bond motifs is 1. The minimum absolute atomic E-state index is 0.0546. The first-order valence-electron chi connectivity index (χ1n) is 8.09. The Hall–Kier alpha value is -1.18. The summed E-state index contributed by atoms with van der Waals surface area (Å²) < 4.78 is 24.0. The van der Waals surface area contributed by atoms with E-state index >= 15 is 0 Å². The molecule has 0 N–H and O–H groups in total. The zero-order valence-electron chi connectivity index (χ0n) is 14.8. The first-order valence-corrected chi connectivity index (χ1v) is 11.0. The number of alkyl halides is 2. The predicted octanol–water partition coefficient (Wildman–Crippen LogP) is 3.37. The van der Waals surface area contributed by atoms with E-state index in [-0.39, 0.29) is 16.9 Å². The minimum Gasteiger partial charge on any atom is -0.287 e. The maximum atomic E-state index is 13.1. The van der Waals surface area contributed by atoms with Gasteiger partial charge in [-0.25, -0.2) is 8.42 Å². The van der Waals surface area contributed by atoms with Crippen molar-refractivity contribution in [2.45, 2.75) is 48.0 Å². The third kappa shape index (κ3) is 2.75. The molecule has 140 valence electrons. The lowest BCUT2D eigenvalue weighted by atomic mass is 9.86. The molecular weight excluding hydrogens is 442 g/mol. The van der Waals surface area contributed by atoms with Gasteiger partial charge < -0.3 is 0 Å². The van der Waals surface area contributed by atoms with Gasteiger partial charge in [-0.15, -0.1) is 11.6 Å². The van der Waals surface area contributed by atoms with Crippen LogP contribution in [0, 0.1) is 0 Å². The summed E-state index contributed by atoms with van der Waals surface area (Å²) in [5.74, 6) is -0.946. The van der Waals surface area contributed by atoms with Crippen LogP contribution in [0.25, 0.3) is 0 Å². The molecule has 5 nitrogen and oxygen atoms in total. The first kappa shape index (κ1) is 19.6. The van der Waals surface area contributed by atoms with Crippen LogP contribution in [0.1, 0.15) is 43.6 Å². The van der Waals surface area contributed by atoms with Gasteiger partial charge >= 0.3 is 0 Å². The molecule has 0 spiro atoms. The number of β-lactam (4-membered cyclic amide) rings is 1. The maximum Gasteiger partial charge on any atom is 0.249 e. The van der Waals surface area contributed by atoms with Crippen molar-refractivity contribution in [3.8, 4) is 0 Å². The third-order valence-electron chi connectivity index (χ3n) is 4.79. The summed E-state index contributed by atoms with van der Waals surface area (Å²) in [7, 11) is -3.73. The Balaban J connectivity index is 2.06. The second-order valence-electron chi connectivity index (χ2n) is 7.59. The van der Waals surface area contributed by atoms with Crippen LogP contribution < -0.4 is 0 Å². The van der Waals surface area contributed by atoms with Crippen molar-refractivity contribution in [1.29, 1.82) is 0 Å². The number of sulfone groups is 1. The lowest BCUT2D eigenvalue weighted by Crippen LogP contribution is -2.68. The average Bonchev–Trinajstić information content (AvgIpc) is 2.57. The smallest absolute Gasteiger partial charge is 0.249 e. The van der Waals surface area contributed by atoms with E-state index in [1.54, 1.807) is 19.1 Å². The number of nitrogens with zero attached hydrogens (tertiary/aromatic N) is 1. The van der Waals surface area contributed by atoms with E-state index in [0.717, 1.165) is 10.5 Å². The SMILES string of the molecule is CC1=C(C(=O)c2ccc(C(C)(C)C)cc2)N2C(=O)[C@H](Cl)[C@H]2S(=O)(=O)C1Br. The average molecular weight is 461 g/mol. The second kappa shape index (κ2) is 6.17. The molecule has 1 amide bonds. The Kier molecular flexibility index (Phi) is 4.65. The van der Waals surface area contributed by atoms with Gasteiger partial charge in [-0.3, -0.25) is 14.5 Å². The van der Waals surface area contributed by atoms with Crippen LogP contribution in [0.5, 0.6) is 0 Å². The topological polar surface area (TPSA) is 71.5 Å². The van der Waals surface area contributed by atoms with Gasteiger partial charge in [0, 0.05) is 5.56 Å². The van der Waals surface area contributed by atoms with Crippen molar-refractivity contribution in [3.63, 3.8) is 0 Å². The van der Waals surface area contributed by atoms with E-state index in [4.69, 9.17) is 11.6 Å². The zero-order chi connectivity index (χ0) is 19.6. The highest BCUT2D eigenvalue weighted by Crippen LogP contribution is 2.44. The van der Waals surface area contributed by atoms with Gasteiger partial charge in [-0.2, -0.15) is 0 Å². The Morgan fingerprint density at radius 2 is 1.73 bits per heavy atom. The van der Waals surface area contributed by atoms with E-state index in [2.05, 4.69) is 36.7 Å². The number of rotatable bonds is 2. The fraction of sp³-hybridized carbons (Fsp3) is 0.444. The maximum absolute atomic E-state index is 13.1. The fourth-order valence-electron chi connectivity index (χ4n) is 3.19. The van der Waals surface area contributed by atoms with Crippen molar-refractivity contribution in [2.75, 3.05) is 0 Å². The number of benzene rings is 1. The molecule has 0 bridgehead atoms. The molecule has 1 saturated heterocycles. The largest absolute Gasteiger partial charge is 0.287 e. The summed E-state index contributed by atoms with van der Waals surface area (Å²) >= 11 is 9.08. The standard InChI is InChI=1S/C18H19BrClNO4S/c1-9-13(14(22)10-5-7-11(8-6-10)18(2,3)4)21-16(23)12(20)17(21)26(24,25)15(9)19/h5-8,12,15,17H,1-4H3/t12-,15?,17+/m0/s1. The van der Waals surface area contributed by atoms with Crippen molar-refractivity contribution < 1.29 is 18.0 Å². The van der Waals surface area contributed by atoms with E-state index in [1.165, 1.54) is 0 Å². The molecule has 0 saturated carbocycles. The summed E-state index contributed by atoms with van der Waals surface area (Å²) in [6.45, 7) is 7.75. The van der Waals surface area contributed by atoms with Crippen LogP contribution in [-0.4, -0.2) is 39.9 Å². The molecule has 1 aromatic rings. The van der Waals surface area contributed by atoms with Crippen molar-refractivity contribution in [3.05, 3.63) is 46.7 Å². The molecular formula is C18H19BrClNO4S. The quantitative estimate of drug-likeness (QED) is 0.385. The van der Waals surface area contributed by atoms with Crippen molar-refractivity contribution in [1.82, 2.24) is 4.90 Å². The van der Waals surface area contributed by atoms with Gasteiger partial charge in [0.1, 0.15) is 9.54 Å². The number of amides is 1. The van der Waals surface area contributed by atoms with E-state index < -0.39 is 30.7 Å². The molecule has 2 aliphatic heterocycles. The Labute approximate surface area is 166 Å². The monoisotopic (exact) mass is 459 g/mol. The fourth-order valence-corrected chi connectivity index (χ4v) is 6.52. The molecule has 0 radical (unpaired) electrons. The van der Waals surface area contributed by atoms with Gasteiger partial charge in [0.05, 0.1) is 5.70 Å². The van der Waals surface area contributed by atoms with Gasteiger partial charge in [-0.05, 0) is 23.5 Å². The highest BCUT2D eigenvalue weighted by Gasteiger charge is 2.61. The molecule has 0 aromatic heterocycles. The molecule has 2 aliphatic rings.